The minimum absolute atomic E-state index is 0.210. The number of hydrogen-bond donors (Lipinski definition) is 1. The molecule has 1 N–H and O–H groups in total. The number of nitrogens with one attached hydrogen (secondary N) is 1. The van der Waals surface area contributed by atoms with Crippen LogP contribution in [0.2, 0.25) is 5.02 Å². The summed E-state index contributed by atoms with van der Waals surface area (Å²) in [6.07, 6.45) is 1.00. The van der Waals surface area contributed by atoms with Crippen LogP contribution in [0.4, 0.5) is 0 Å². The van der Waals surface area contributed by atoms with Crippen molar-refractivity contribution in [3.8, 4) is 22.9 Å². The van der Waals surface area contributed by atoms with Crippen LogP contribution < -0.4 is 14.8 Å². The number of ether oxygens (including phenoxy) is 2. The maximum absolute atomic E-state index is 6.31. The van der Waals surface area contributed by atoms with Gasteiger partial charge in [-0.25, -0.2) is 0 Å². The molecular formula is C25H25ClN4O3S. The first-order valence-electron chi connectivity index (χ1n) is 11.2. The number of fused-ring (bicyclic) bond motifs is 1. The molecular weight excluding hydrogens is 472 g/mol. The van der Waals surface area contributed by atoms with Crippen LogP contribution >= 0.6 is 23.8 Å². The average molecular weight is 497 g/mol. The number of benzene rings is 2. The Labute approximate surface area is 208 Å². The van der Waals surface area contributed by atoms with Crippen LogP contribution in [0, 0.1) is 5.92 Å². The van der Waals surface area contributed by atoms with Crippen molar-refractivity contribution in [2.24, 2.45) is 5.92 Å². The lowest BCUT2D eigenvalue weighted by Gasteiger charge is -2.37. The van der Waals surface area contributed by atoms with Gasteiger partial charge in [0.05, 0.1) is 11.6 Å². The molecule has 0 spiro atoms. The highest BCUT2D eigenvalue weighted by atomic mass is 35.5. The van der Waals surface area contributed by atoms with Crippen molar-refractivity contribution in [1.82, 2.24) is 20.4 Å². The zero-order chi connectivity index (χ0) is 23.8. The van der Waals surface area contributed by atoms with Crippen molar-refractivity contribution < 1.29 is 14.0 Å². The second-order valence-electron chi connectivity index (χ2n) is 8.76. The first kappa shape index (κ1) is 22.7. The number of thiocarbonyl (C=S) groups is 1. The number of allylic oxidation sites excluding steroid dienone is 1. The van der Waals surface area contributed by atoms with Gasteiger partial charge in [-0.05, 0) is 67.4 Å². The molecule has 2 aromatic carbocycles. The van der Waals surface area contributed by atoms with Crippen LogP contribution in [-0.4, -0.2) is 33.5 Å². The summed E-state index contributed by atoms with van der Waals surface area (Å²) in [5, 5.41) is 9.05. The predicted molar refractivity (Wildman–Crippen MR) is 135 cm³/mol. The highest BCUT2D eigenvalue weighted by molar-refractivity contribution is 7.80. The van der Waals surface area contributed by atoms with E-state index < -0.39 is 0 Å². The molecule has 0 radical (unpaired) electrons. The van der Waals surface area contributed by atoms with E-state index in [0.717, 1.165) is 35.4 Å². The molecule has 176 valence electrons. The Kier molecular flexibility index (Phi) is 6.18. The summed E-state index contributed by atoms with van der Waals surface area (Å²) in [7, 11) is 0. The summed E-state index contributed by atoms with van der Waals surface area (Å²) < 4.78 is 16.7. The molecule has 9 heteroatoms. The van der Waals surface area contributed by atoms with Gasteiger partial charge in [0.15, 0.2) is 16.6 Å². The molecule has 1 atom stereocenters. The second-order valence-corrected chi connectivity index (χ2v) is 9.59. The fourth-order valence-electron chi connectivity index (χ4n) is 4.14. The van der Waals surface area contributed by atoms with Gasteiger partial charge in [-0.3, -0.25) is 0 Å². The van der Waals surface area contributed by atoms with E-state index >= 15 is 0 Å². The number of aromatic nitrogens is 2. The normalized spacial score (nSPS) is 17.5. The lowest BCUT2D eigenvalue weighted by Crippen LogP contribution is -2.46. The van der Waals surface area contributed by atoms with Crippen LogP contribution in [0.15, 0.2) is 52.7 Å². The van der Waals surface area contributed by atoms with Crippen LogP contribution in [0.3, 0.4) is 0 Å². The van der Waals surface area contributed by atoms with Gasteiger partial charge in [0.25, 0.3) is 5.89 Å². The van der Waals surface area contributed by atoms with E-state index in [9.17, 15) is 0 Å². The highest BCUT2D eigenvalue weighted by Crippen LogP contribution is 2.39. The molecule has 0 aliphatic carbocycles. The Balaban J connectivity index is 1.56. The van der Waals surface area contributed by atoms with Gasteiger partial charge in [0.2, 0.25) is 12.6 Å². The van der Waals surface area contributed by atoms with E-state index in [0.29, 0.717) is 39.3 Å². The summed E-state index contributed by atoms with van der Waals surface area (Å²) in [6, 6.07) is 13.0. The van der Waals surface area contributed by atoms with Crippen LogP contribution in [0.1, 0.15) is 44.7 Å². The molecule has 2 aliphatic rings. The average Bonchev–Trinajstić information content (AvgIpc) is 3.47. The van der Waals surface area contributed by atoms with Gasteiger partial charge in [-0.15, -0.1) is 0 Å². The molecule has 0 amide bonds. The lowest BCUT2D eigenvalue weighted by atomic mass is 9.94. The topological polar surface area (TPSA) is 72.6 Å². The third-order valence-corrected chi connectivity index (χ3v) is 6.57. The maximum atomic E-state index is 6.31. The molecule has 34 heavy (non-hydrogen) atoms. The van der Waals surface area contributed by atoms with Crippen molar-refractivity contribution in [2.45, 2.75) is 33.2 Å². The Bertz CT molecular complexity index is 1270. The van der Waals surface area contributed by atoms with E-state index in [2.05, 4.69) is 29.2 Å². The highest BCUT2D eigenvalue weighted by Gasteiger charge is 2.34. The van der Waals surface area contributed by atoms with Crippen molar-refractivity contribution in [1.29, 1.82) is 0 Å². The Morgan fingerprint density at radius 2 is 2.00 bits per heavy atom. The van der Waals surface area contributed by atoms with Crippen LogP contribution in [-0.2, 0) is 0 Å². The minimum atomic E-state index is -0.272. The second kappa shape index (κ2) is 9.27. The molecule has 2 aliphatic heterocycles. The molecule has 0 saturated heterocycles. The van der Waals surface area contributed by atoms with Crippen LogP contribution in [0.5, 0.6) is 11.5 Å². The number of halogens is 1. The minimum Gasteiger partial charge on any atom is -0.454 e. The summed E-state index contributed by atoms with van der Waals surface area (Å²) in [6.45, 7) is 7.45. The Morgan fingerprint density at radius 3 is 2.79 bits per heavy atom. The van der Waals surface area contributed by atoms with Gasteiger partial charge in [0, 0.05) is 22.8 Å². The molecule has 0 bridgehead atoms. The van der Waals surface area contributed by atoms with E-state index in [-0.39, 0.29) is 12.8 Å². The standard InChI is InChI=1S/C25H25ClN4O3S/c1-14(2)9-10-30-15(3)21(22(27-25(30)34)16-5-4-6-18(26)11-16)24-28-23(29-33-24)17-7-8-19-20(12-17)32-13-31-19/h4-8,11-12,14,22H,9-10,13H2,1-3H3,(H,27,34). The summed E-state index contributed by atoms with van der Waals surface area (Å²) in [5.41, 5.74) is 3.61. The van der Waals surface area contributed by atoms with Gasteiger partial charge < -0.3 is 24.2 Å². The van der Waals surface area contributed by atoms with Gasteiger partial charge >= 0.3 is 0 Å². The van der Waals surface area contributed by atoms with Crippen molar-refractivity contribution in [2.75, 3.05) is 13.3 Å². The van der Waals surface area contributed by atoms with Crippen LogP contribution in [0.25, 0.3) is 17.0 Å². The third kappa shape index (κ3) is 4.35. The molecule has 1 unspecified atom stereocenters. The summed E-state index contributed by atoms with van der Waals surface area (Å²) >= 11 is 12.1. The largest absolute Gasteiger partial charge is 0.454 e. The quantitative estimate of drug-likeness (QED) is 0.427. The van der Waals surface area contributed by atoms with Crippen molar-refractivity contribution >= 4 is 34.5 Å². The first-order chi connectivity index (χ1) is 16.4. The molecule has 0 saturated carbocycles. The lowest BCUT2D eigenvalue weighted by molar-refractivity contribution is 0.174. The maximum Gasteiger partial charge on any atom is 0.258 e. The van der Waals surface area contributed by atoms with E-state index in [1.165, 1.54) is 0 Å². The monoisotopic (exact) mass is 496 g/mol. The van der Waals surface area contributed by atoms with E-state index in [4.69, 9.17) is 42.8 Å². The van der Waals surface area contributed by atoms with Gasteiger partial charge in [-0.2, -0.15) is 4.98 Å². The molecule has 3 aromatic rings. The van der Waals surface area contributed by atoms with Crippen molar-refractivity contribution in [3.63, 3.8) is 0 Å². The van der Waals surface area contributed by atoms with Gasteiger partial charge in [-0.1, -0.05) is 42.7 Å². The summed E-state index contributed by atoms with van der Waals surface area (Å²) in [5.74, 6) is 2.82. The number of nitrogens with zero attached hydrogens (tertiary/aromatic N) is 3. The molecule has 5 rings (SSSR count). The fourth-order valence-corrected chi connectivity index (χ4v) is 4.68. The van der Waals surface area contributed by atoms with Gasteiger partial charge in [0.1, 0.15) is 0 Å². The van der Waals surface area contributed by atoms with Crippen molar-refractivity contribution in [3.05, 3.63) is 64.6 Å². The number of rotatable bonds is 6. The predicted octanol–water partition coefficient (Wildman–Crippen LogP) is 5.83. The zero-order valence-electron chi connectivity index (χ0n) is 19.2. The Morgan fingerprint density at radius 1 is 1.18 bits per heavy atom. The molecule has 0 fully saturated rings. The molecule has 1 aromatic heterocycles. The molecule has 7 nitrogen and oxygen atoms in total. The zero-order valence-corrected chi connectivity index (χ0v) is 20.7. The smallest absolute Gasteiger partial charge is 0.258 e. The summed E-state index contributed by atoms with van der Waals surface area (Å²) in [4.78, 5) is 6.87. The first-order valence-corrected chi connectivity index (χ1v) is 12.0. The third-order valence-electron chi connectivity index (χ3n) is 6.00. The van der Waals surface area contributed by atoms with E-state index in [1.807, 2.05) is 49.4 Å². The number of hydrogen-bond acceptors (Lipinski definition) is 6. The fraction of sp³-hybridized carbons (Fsp3) is 0.320. The Hall–Kier alpha value is -3.10. The molecule has 3 heterocycles. The van der Waals surface area contributed by atoms with E-state index in [1.54, 1.807) is 0 Å². The SMILES string of the molecule is CC1=C(c2nc(-c3ccc4c(c3)OCO4)no2)C(c2cccc(Cl)c2)NC(=S)N1CCC(C)C.